The molecule has 1 fully saturated rings. The quantitative estimate of drug-likeness (QED) is 0.815. The van der Waals surface area contributed by atoms with E-state index in [0.29, 0.717) is 18.8 Å². The summed E-state index contributed by atoms with van der Waals surface area (Å²) in [5, 5.41) is 0.282. The minimum absolute atomic E-state index is 0.205. The molecule has 1 atom stereocenters. The first-order chi connectivity index (χ1) is 8.58. The Morgan fingerprint density at radius 3 is 2.89 bits per heavy atom. The van der Waals surface area contributed by atoms with E-state index in [-0.39, 0.29) is 22.9 Å². The number of nitrogens with zero attached hydrogens (tertiary/aromatic N) is 2. The van der Waals surface area contributed by atoms with Crippen molar-refractivity contribution in [1.82, 2.24) is 9.88 Å². The molecule has 1 aliphatic heterocycles. The van der Waals surface area contributed by atoms with Crippen molar-refractivity contribution in [2.24, 2.45) is 11.7 Å². The highest BCUT2D eigenvalue weighted by molar-refractivity contribution is 6.29. The van der Waals surface area contributed by atoms with Gasteiger partial charge in [0.05, 0.1) is 5.92 Å². The van der Waals surface area contributed by atoms with Gasteiger partial charge >= 0.3 is 0 Å². The molecule has 2 N–H and O–H groups in total. The summed E-state index contributed by atoms with van der Waals surface area (Å²) in [5.74, 6) is -0.822. The Balaban J connectivity index is 2.11. The topological polar surface area (TPSA) is 76.3 Å². The Morgan fingerprint density at radius 2 is 2.22 bits per heavy atom. The number of hydrogen-bond acceptors (Lipinski definition) is 3. The van der Waals surface area contributed by atoms with Crippen LogP contribution in [0, 0.1) is 5.92 Å². The third-order valence-corrected chi connectivity index (χ3v) is 3.26. The highest BCUT2D eigenvalue weighted by atomic mass is 35.5. The summed E-state index contributed by atoms with van der Waals surface area (Å²) in [6, 6.07) is 4.90. The fourth-order valence-corrected chi connectivity index (χ4v) is 2.25. The van der Waals surface area contributed by atoms with E-state index in [2.05, 4.69) is 4.98 Å². The Labute approximate surface area is 110 Å². The first-order valence-corrected chi connectivity index (χ1v) is 6.17. The lowest BCUT2D eigenvalue weighted by atomic mass is 9.97. The van der Waals surface area contributed by atoms with E-state index in [9.17, 15) is 9.59 Å². The van der Waals surface area contributed by atoms with Gasteiger partial charge in [0.1, 0.15) is 10.8 Å². The maximum absolute atomic E-state index is 12.2. The zero-order valence-corrected chi connectivity index (χ0v) is 10.6. The van der Waals surface area contributed by atoms with Crippen molar-refractivity contribution in [1.29, 1.82) is 0 Å². The molecule has 0 saturated carbocycles. The van der Waals surface area contributed by atoms with Gasteiger partial charge in [-0.2, -0.15) is 0 Å². The van der Waals surface area contributed by atoms with Crippen molar-refractivity contribution in [3.8, 4) is 0 Å². The van der Waals surface area contributed by atoms with Crippen LogP contribution in [0.3, 0.4) is 0 Å². The van der Waals surface area contributed by atoms with Gasteiger partial charge in [0.15, 0.2) is 0 Å². The number of likely N-dealkylation sites (tertiary alicyclic amines) is 1. The predicted molar refractivity (Wildman–Crippen MR) is 67.1 cm³/mol. The van der Waals surface area contributed by atoms with Gasteiger partial charge in [0.2, 0.25) is 5.91 Å². The van der Waals surface area contributed by atoms with Crippen LogP contribution in [0.25, 0.3) is 0 Å². The molecule has 2 amide bonds. The van der Waals surface area contributed by atoms with Crippen LogP contribution in [0.2, 0.25) is 5.15 Å². The lowest BCUT2D eigenvalue weighted by molar-refractivity contribution is -0.123. The van der Waals surface area contributed by atoms with Crippen LogP contribution in [-0.4, -0.2) is 34.8 Å². The summed E-state index contributed by atoms with van der Waals surface area (Å²) in [5.41, 5.74) is 5.58. The van der Waals surface area contributed by atoms with E-state index in [1.165, 1.54) is 0 Å². The molecular formula is C12H14ClN3O2. The van der Waals surface area contributed by atoms with Gasteiger partial charge in [0.25, 0.3) is 5.91 Å². The first-order valence-electron chi connectivity index (χ1n) is 5.79. The van der Waals surface area contributed by atoms with Crippen LogP contribution in [0.15, 0.2) is 18.2 Å². The zero-order valence-electron chi connectivity index (χ0n) is 9.80. The number of piperidine rings is 1. The molecule has 2 rings (SSSR count). The summed E-state index contributed by atoms with van der Waals surface area (Å²) in [6.45, 7) is 0.985. The summed E-state index contributed by atoms with van der Waals surface area (Å²) >= 11 is 5.75. The van der Waals surface area contributed by atoms with Gasteiger partial charge in [0, 0.05) is 13.1 Å². The second kappa shape index (κ2) is 5.35. The molecule has 2 heterocycles. The first kappa shape index (κ1) is 12.8. The predicted octanol–water partition coefficient (Wildman–Crippen LogP) is 1.07. The van der Waals surface area contributed by atoms with E-state index in [0.717, 1.165) is 12.8 Å². The number of halogens is 1. The fourth-order valence-electron chi connectivity index (χ4n) is 2.08. The molecule has 18 heavy (non-hydrogen) atoms. The molecule has 96 valence electrons. The minimum atomic E-state index is -0.355. The minimum Gasteiger partial charge on any atom is -0.369 e. The van der Waals surface area contributed by atoms with Gasteiger partial charge in [-0.25, -0.2) is 4.98 Å². The lowest BCUT2D eigenvalue weighted by Crippen LogP contribution is -2.44. The second-order valence-corrected chi connectivity index (χ2v) is 4.73. The highest BCUT2D eigenvalue weighted by Gasteiger charge is 2.28. The molecule has 6 heteroatoms. The number of aromatic nitrogens is 1. The third kappa shape index (κ3) is 2.79. The normalized spacial score (nSPS) is 19.6. The molecule has 0 aromatic carbocycles. The average Bonchev–Trinajstić information content (AvgIpc) is 2.38. The number of rotatable bonds is 2. The highest BCUT2D eigenvalue weighted by Crippen LogP contribution is 2.18. The Hall–Kier alpha value is -1.62. The van der Waals surface area contributed by atoms with E-state index in [4.69, 9.17) is 17.3 Å². The maximum Gasteiger partial charge on any atom is 0.272 e. The van der Waals surface area contributed by atoms with Crippen LogP contribution < -0.4 is 5.73 Å². The molecule has 0 aliphatic carbocycles. The number of primary amides is 1. The standard InChI is InChI=1S/C12H14ClN3O2/c13-10-5-1-4-9(15-10)12(18)16-6-2-3-8(7-16)11(14)17/h1,4-5,8H,2-3,6-7H2,(H2,14,17). The van der Waals surface area contributed by atoms with Crippen LogP contribution in [-0.2, 0) is 4.79 Å². The summed E-state index contributed by atoms with van der Waals surface area (Å²) in [7, 11) is 0. The summed E-state index contributed by atoms with van der Waals surface area (Å²) in [4.78, 5) is 28.9. The molecule has 1 aromatic heterocycles. The van der Waals surface area contributed by atoms with Crippen molar-refractivity contribution in [3.05, 3.63) is 29.0 Å². The van der Waals surface area contributed by atoms with Crippen LogP contribution in [0.1, 0.15) is 23.3 Å². The fraction of sp³-hybridized carbons (Fsp3) is 0.417. The molecule has 1 aliphatic rings. The van der Waals surface area contributed by atoms with Crippen molar-refractivity contribution in [2.75, 3.05) is 13.1 Å². The van der Waals surface area contributed by atoms with Gasteiger partial charge in [-0.3, -0.25) is 9.59 Å². The Kier molecular flexibility index (Phi) is 3.81. The average molecular weight is 268 g/mol. The number of pyridine rings is 1. The number of nitrogens with two attached hydrogens (primary N) is 1. The smallest absolute Gasteiger partial charge is 0.272 e. The number of hydrogen-bond donors (Lipinski definition) is 1. The molecule has 5 nitrogen and oxygen atoms in total. The molecular weight excluding hydrogens is 254 g/mol. The van der Waals surface area contributed by atoms with Gasteiger partial charge in [-0.1, -0.05) is 17.7 Å². The molecule has 1 aromatic rings. The molecule has 0 radical (unpaired) electrons. The van der Waals surface area contributed by atoms with Crippen LogP contribution >= 0.6 is 11.6 Å². The Morgan fingerprint density at radius 1 is 1.44 bits per heavy atom. The summed E-state index contributed by atoms with van der Waals surface area (Å²) < 4.78 is 0. The van der Waals surface area contributed by atoms with Crippen LogP contribution in [0.4, 0.5) is 0 Å². The maximum atomic E-state index is 12.2. The number of amides is 2. The van der Waals surface area contributed by atoms with Crippen molar-refractivity contribution in [2.45, 2.75) is 12.8 Å². The number of carbonyl (C=O) groups excluding carboxylic acids is 2. The van der Waals surface area contributed by atoms with Gasteiger partial charge < -0.3 is 10.6 Å². The van der Waals surface area contributed by atoms with Gasteiger partial charge in [-0.15, -0.1) is 0 Å². The monoisotopic (exact) mass is 267 g/mol. The van der Waals surface area contributed by atoms with E-state index in [1.54, 1.807) is 23.1 Å². The van der Waals surface area contributed by atoms with Crippen molar-refractivity contribution >= 4 is 23.4 Å². The Bertz CT molecular complexity index is 478. The zero-order chi connectivity index (χ0) is 13.1. The van der Waals surface area contributed by atoms with Gasteiger partial charge in [-0.05, 0) is 25.0 Å². The molecule has 1 saturated heterocycles. The summed E-state index contributed by atoms with van der Waals surface area (Å²) in [6.07, 6.45) is 1.52. The largest absolute Gasteiger partial charge is 0.369 e. The molecule has 0 spiro atoms. The van der Waals surface area contributed by atoms with Crippen LogP contribution in [0.5, 0.6) is 0 Å². The van der Waals surface area contributed by atoms with E-state index >= 15 is 0 Å². The van der Waals surface area contributed by atoms with E-state index < -0.39 is 0 Å². The van der Waals surface area contributed by atoms with Crippen molar-refractivity contribution < 1.29 is 9.59 Å². The van der Waals surface area contributed by atoms with Crippen molar-refractivity contribution in [3.63, 3.8) is 0 Å². The second-order valence-electron chi connectivity index (χ2n) is 4.34. The number of carbonyl (C=O) groups is 2. The molecule has 0 bridgehead atoms. The van der Waals surface area contributed by atoms with E-state index in [1.807, 2.05) is 0 Å². The molecule has 1 unspecified atom stereocenters. The SMILES string of the molecule is NC(=O)C1CCCN(C(=O)c2cccc(Cl)n2)C1. The lowest BCUT2D eigenvalue weighted by Gasteiger charge is -2.30. The third-order valence-electron chi connectivity index (χ3n) is 3.05.